The highest BCUT2D eigenvalue weighted by Gasteiger charge is 2.16. The average molecular weight is 286 g/mol. The molecule has 0 spiro atoms. The number of hydrogen-bond donors (Lipinski definition) is 1. The van der Waals surface area contributed by atoms with E-state index in [-0.39, 0.29) is 5.76 Å². The van der Waals surface area contributed by atoms with E-state index in [9.17, 15) is 4.79 Å². The molecule has 1 heterocycles. The number of nitrogens with zero attached hydrogens (tertiary/aromatic N) is 1. The molecule has 0 saturated carbocycles. The monoisotopic (exact) mass is 286 g/mol. The van der Waals surface area contributed by atoms with Crippen molar-refractivity contribution >= 4 is 11.7 Å². The second-order valence-electron chi connectivity index (χ2n) is 4.11. The molecule has 1 aromatic carbocycles. The van der Waals surface area contributed by atoms with Gasteiger partial charge in [0.15, 0.2) is 0 Å². The highest BCUT2D eigenvalue weighted by atomic mass is 16.5. The Balaban J connectivity index is 2.23. The minimum Gasteiger partial charge on any atom is -0.495 e. The molecule has 2 rings (SSSR count). The molecular formula is C15H14N2O4. The molecule has 0 aliphatic carbocycles. The number of hydrogen-bond acceptors (Lipinski definition) is 6. The molecule has 0 bridgehead atoms. The summed E-state index contributed by atoms with van der Waals surface area (Å²) in [6.07, 6.45) is 1.41. The summed E-state index contributed by atoms with van der Waals surface area (Å²) in [6.45, 7) is 0.302. The molecule has 0 radical (unpaired) electrons. The summed E-state index contributed by atoms with van der Waals surface area (Å²) < 4.78 is 15.0. The summed E-state index contributed by atoms with van der Waals surface area (Å²) in [7, 11) is 2.81. The fourth-order valence-corrected chi connectivity index (χ4v) is 1.91. The van der Waals surface area contributed by atoms with Crippen LogP contribution in [0.1, 0.15) is 21.7 Å². The normalized spacial score (nSPS) is 9.76. The number of esters is 1. The lowest BCUT2D eigenvalue weighted by molar-refractivity contribution is 0.0563. The van der Waals surface area contributed by atoms with E-state index in [0.29, 0.717) is 29.1 Å². The Bertz CT molecular complexity index is 685. The van der Waals surface area contributed by atoms with Crippen LogP contribution < -0.4 is 10.1 Å². The van der Waals surface area contributed by atoms with Gasteiger partial charge in [-0.3, -0.25) is 0 Å². The summed E-state index contributed by atoms with van der Waals surface area (Å²) in [5.41, 5.74) is 1.66. The van der Waals surface area contributed by atoms with E-state index in [4.69, 9.17) is 14.4 Å². The molecular weight excluding hydrogens is 272 g/mol. The van der Waals surface area contributed by atoms with Gasteiger partial charge in [-0.1, -0.05) is 6.07 Å². The highest BCUT2D eigenvalue weighted by Crippen LogP contribution is 2.28. The Morgan fingerprint density at radius 3 is 2.86 bits per heavy atom. The number of ether oxygens (including phenoxy) is 2. The van der Waals surface area contributed by atoms with Gasteiger partial charge in [-0.2, -0.15) is 5.26 Å². The second-order valence-corrected chi connectivity index (χ2v) is 4.11. The van der Waals surface area contributed by atoms with Gasteiger partial charge in [0.25, 0.3) is 0 Å². The lowest BCUT2D eigenvalue weighted by Gasteiger charge is -2.12. The number of anilines is 1. The molecule has 108 valence electrons. The van der Waals surface area contributed by atoms with E-state index in [2.05, 4.69) is 16.1 Å². The zero-order chi connectivity index (χ0) is 15.2. The maximum absolute atomic E-state index is 11.5. The number of carbonyl (C=O) groups excluding carboxylic acids is 1. The maximum Gasteiger partial charge on any atom is 0.374 e. The first kappa shape index (κ1) is 14.5. The van der Waals surface area contributed by atoms with Gasteiger partial charge >= 0.3 is 5.97 Å². The third-order valence-corrected chi connectivity index (χ3v) is 2.94. The Labute approximate surface area is 121 Å². The molecule has 6 nitrogen and oxygen atoms in total. The summed E-state index contributed by atoms with van der Waals surface area (Å²) in [6, 6.07) is 8.93. The second kappa shape index (κ2) is 6.48. The van der Waals surface area contributed by atoms with Gasteiger partial charge in [-0.25, -0.2) is 4.79 Å². The van der Waals surface area contributed by atoms with Gasteiger partial charge in [0.1, 0.15) is 11.8 Å². The van der Waals surface area contributed by atoms with Crippen molar-refractivity contribution in [3.8, 4) is 11.8 Å². The smallest absolute Gasteiger partial charge is 0.374 e. The van der Waals surface area contributed by atoms with E-state index in [1.807, 2.05) is 0 Å². The first-order valence-electron chi connectivity index (χ1n) is 6.17. The molecule has 2 aromatic rings. The number of nitrogens with one attached hydrogen (secondary N) is 1. The number of benzene rings is 1. The summed E-state index contributed by atoms with van der Waals surface area (Å²) >= 11 is 0. The predicted octanol–water partition coefficient (Wildman–Crippen LogP) is 2.56. The van der Waals surface area contributed by atoms with Gasteiger partial charge in [0.05, 0.1) is 31.7 Å². The molecule has 0 fully saturated rings. The van der Waals surface area contributed by atoms with Gasteiger partial charge in [-0.15, -0.1) is 0 Å². The minimum atomic E-state index is -0.544. The van der Waals surface area contributed by atoms with Crippen LogP contribution in [0.4, 0.5) is 5.69 Å². The molecule has 0 aliphatic heterocycles. The number of carbonyl (C=O) groups is 1. The van der Waals surface area contributed by atoms with E-state index in [1.165, 1.54) is 20.5 Å². The van der Waals surface area contributed by atoms with Gasteiger partial charge in [0, 0.05) is 12.1 Å². The number of rotatable bonds is 5. The van der Waals surface area contributed by atoms with Crippen LogP contribution in [0, 0.1) is 11.3 Å². The molecule has 0 amide bonds. The van der Waals surface area contributed by atoms with Gasteiger partial charge < -0.3 is 19.2 Å². The van der Waals surface area contributed by atoms with Crippen molar-refractivity contribution in [2.75, 3.05) is 19.5 Å². The van der Waals surface area contributed by atoms with Crippen molar-refractivity contribution in [3.05, 3.63) is 47.4 Å². The number of methoxy groups -OCH3 is 2. The lowest BCUT2D eigenvalue weighted by atomic mass is 10.1. The zero-order valence-corrected chi connectivity index (χ0v) is 11.7. The first-order chi connectivity index (χ1) is 10.2. The van der Waals surface area contributed by atoms with Crippen LogP contribution in [-0.4, -0.2) is 20.2 Å². The molecule has 21 heavy (non-hydrogen) atoms. The summed E-state index contributed by atoms with van der Waals surface area (Å²) in [5.74, 6) is 0.146. The quantitative estimate of drug-likeness (QED) is 0.850. The Morgan fingerprint density at radius 2 is 2.19 bits per heavy atom. The Kier molecular flexibility index (Phi) is 4.46. The van der Waals surface area contributed by atoms with Crippen molar-refractivity contribution in [2.24, 2.45) is 0 Å². The van der Waals surface area contributed by atoms with Crippen molar-refractivity contribution in [1.82, 2.24) is 0 Å². The Hall–Kier alpha value is -2.94. The highest BCUT2D eigenvalue weighted by molar-refractivity contribution is 5.88. The van der Waals surface area contributed by atoms with Crippen LogP contribution in [0.15, 0.2) is 34.9 Å². The predicted molar refractivity (Wildman–Crippen MR) is 75.1 cm³/mol. The van der Waals surface area contributed by atoms with Crippen molar-refractivity contribution < 1.29 is 18.7 Å². The zero-order valence-electron chi connectivity index (χ0n) is 11.7. The van der Waals surface area contributed by atoms with Crippen molar-refractivity contribution in [2.45, 2.75) is 6.54 Å². The van der Waals surface area contributed by atoms with E-state index < -0.39 is 5.97 Å². The standard InChI is InChI=1S/C15H14N2O4/c1-19-12-5-3-4-10(8-16)13(12)17-9-11-6-7-21-14(11)15(18)20-2/h3-7,17H,9H2,1-2H3. The minimum absolute atomic E-state index is 0.137. The van der Waals surface area contributed by atoms with Crippen LogP contribution in [-0.2, 0) is 11.3 Å². The number of para-hydroxylation sites is 1. The van der Waals surface area contributed by atoms with E-state index in [0.717, 1.165) is 0 Å². The van der Waals surface area contributed by atoms with E-state index >= 15 is 0 Å². The fourth-order valence-electron chi connectivity index (χ4n) is 1.91. The van der Waals surface area contributed by atoms with E-state index in [1.54, 1.807) is 24.3 Å². The van der Waals surface area contributed by atoms with Crippen molar-refractivity contribution in [1.29, 1.82) is 5.26 Å². The summed E-state index contributed by atoms with van der Waals surface area (Å²) in [5, 5.41) is 12.2. The molecule has 0 aliphatic rings. The van der Waals surface area contributed by atoms with Crippen LogP contribution >= 0.6 is 0 Å². The molecule has 6 heteroatoms. The molecule has 1 N–H and O–H groups in total. The van der Waals surface area contributed by atoms with Crippen molar-refractivity contribution in [3.63, 3.8) is 0 Å². The molecule has 0 unspecified atom stereocenters. The maximum atomic E-state index is 11.5. The molecule has 1 aromatic heterocycles. The van der Waals surface area contributed by atoms with Crippen LogP contribution in [0.5, 0.6) is 5.75 Å². The topological polar surface area (TPSA) is 84.5 Å². The third kappa shape index (κ3) is 2.98. The fraction of sp³-hybridized carbons (Fsp3) is 0.200. The summed E-state index contributed by atoms with van der Waals surface area (Å²) in [4.78, 5) is 11.5. The molecule has 0 saturated heterocycles. The van der Waals surface area contributed by atoms with Crippen LogP contribution in [0.2, 0.25) is 0 Å². The van der Waals surface area contributed by atoms with Crippen LogP contribution in [0.3, 0.4) is 0 Å². The first-order valence-corrected chi connectivity index (χ1v) is 6.17. The number of nitriles is 1. The third-order valence-electron chi connectivity index (χ3n) is 2.94. The molecule has 0 atom stereocenters. The number of furan rings is 1. The lowest BCUT2D eigenvalue weighted by Crippen LogP contribution is -2.08. The SMILES string of the molecule is COC(=O)c1occc1CNc1c(C#N)cccc1OC. The largest absolute Gasteiger partial charge is 0.495 e. The van der Waals surface area contributed by atoms with Gasteiger partial charge in [0.2, 0.25) is 5.76 Å². The van der Waals surface area contributed by atoms with Crippen LogP contribution in [0.25, 0.3) is 0 Å². The Morgan fingerprint density at radius 1 is 1.38 bits per heavy atom. The van der Waals surface area contributed by atoms with Gasteiger partial charge in [-0.05, 0) is 18.2 Å². The average Bonchev–Trinajstić information content (AvgIpc) is 3.00.